The van der Waals surface area contributed by atoms with Gasteiger partial charge in [-0.3, -0.25) is 0 Å². The topological polar surface area (TPSA) is 94.8 Å². The summed E-state index contributed by atoms with van der Waals surface area (Å²) in [6.07, 6.45) is -0.138. The molecule has 0 aliphatic rings. The minimum Gasteiger partial charge on any atom is -0.444 e. The predicted octanol–water partition coefficient (Wildman–Crippen LogP) is 6.04. The number of fused-ring (bicyclic) bond motifs is 1. The molecule has 1 N–H and O–H groups in total. The Hall–Kier alpha value is -4.39. The van der Waals surface area contributed by atoms with Crippen molar-refractivity contribution in [2.24, 2.45) is 0 Å². The van der Waals surface area contributed by atoms with Crippen molar-refractivity contribution in [2.75, 3.05) is 0 Å². The van der Waals surface area contributed by atoms with E-state index in [1.807, 2.05) is 74.5 Å². The smallest absolute Gasteiger partial charge is 0.408 e. The van der Waals surface area contributed by atoms with Crippen LogP contribution in [-0.4, -0.2) is 23.7 Å². The van der Waals surface area contributed by atoms with E-state index in [4.69, 9.17) is 13.9 Å². The van der Waals surface area contributed by atoms with Crippen LogP contribution in [0.25, 0.3) is 11.0 Å². The molecule has 1 atom stereocenters. The summed E-state index contributed by atoms with van der Waals surface area (Å²) >= 11 is 0. The Bertz CT molecular complexity index is 1530. The summed E-state index contributed by atoms with van der Waals surface area (Å²) in [5, 5.41) is 3.20. The number of aryl methyl sites for hydroxylation is 2. The number of carbonyl (C=O) groups excluding carboxylic acids is 2. The van der Waals surface area contributed by atoms with Crippen LogP contribution in [0.1, 0.15) is 48.6 Å². The number of hydrogen-bond donors (Lipinski definition) is 1. The van der Waals surface area contributed by atoms with E-state index >= 15 is 0 Å². The summed E-state index contributed by atoms with van der Waals surface area (Å²) < 4.78 is 17.0. The summed E-state index contributed by atoms with van der Waals surface area (Å²) in [6.45, 7) is 8.90. The van der Waals surface area contributed by atoms with E-state index in [9.17, 15) is 14.4 Å². The molecule has 1 unspecified atom stereocenters. The first kappa shape index (κ1) is 27.6. The molecule has 0 radical (unpaired) electrons. The lowest BCUT2D eigenvalue weighted by Gasteiger charge is -2.23. The maximum atomic E-state index is 13.5. The standard InChI is InChI=1S/C32H33NO6/c1-20-16-26-28(21(2)24(29(34)37-26)18-22-12-8-6-9-13-22)27(17-20)38-30(35)25(19-23-14-10-7-11-15-23)33-31(36)39-32(3,4)5/h6-17,25H,18-19H2,1-5H3,(H,33,36). The minimum absolute atomic E-state index is 0.204. The quantitative estimate of drug-likeness (QED) is 0.179. The lowest BCUT2D eigenvalue weighted by Crippen LogP contribution is -2.46. The Kier molecular flexibility index (Phi) is 8.19. The normalized spacial score (nSPS) is 12.1. The number of nitrogens with one attached hydrogen (secondary N) is 1. The second-order valence-electron chi connectivity index (χ2n) is 10.6. The molecule has 0 saturated heterocycles. The van der Waals surface area contributed by atoms with Crippen LogP contribution in [0.2, 0.25) is 0 Å². The molecule has 0 aliphatic heterocycles. The van der Waals surface area contributed by atoms with Crippen molar-refractivity contribution in [3.05, 3.63) is 111 Å². The van der Waals surface area contributed by atoms with Gasteiger partial charge in [0.25, 0.3) is 0 Å². The molecule has 1 heterocycles. The van der Waals surface area contributed by atoms with E-state index in [1.165, 1.54) is 0 Å². The minimum atomic E-state index is -1.02. The van der Waals surface area contributed by atoms with Crippen LogP contribution in [0.5, 0.6) is 5.75 Å². The lowest BCUT2D eigenvalue weighted by atomic mass is 9.98. The third kappa shape index (κ3) is 7.13. The largest absolute Gasteiger partial charge is 0.444 e. The van der Waals surface area contributed by atoms with Crippen LogP contribution in [0.4, 0.5) is 4.79 Å². The molecule has 0 saturated carbocycles. The molecule has 1 amide bonds. The number of carbonyl (C=O) groups is 2. The molecule has 0 bridgehead atoms. The molecule has 7 nitrogen and oxygen atoms in total. The highest BCUT2D eigenvalue weighted by molar-refractivity contribution is 5.92. The maximum Gasteiger partial charge on any atom is 0.408 e. The van der Waals surface area contributed by atoms with Crippen LogP contribution in [0.3, 0.4) is 0 Å². The number of ether oxygens (including phenoxy) is 2. The fraction of sp³-hybridized carbons (Fsp3) is 0.281. The number of amides is 1. The van der Waals surface area contributed by atoms with E-state index in [1.54, 1.807) is 32.9 Å². The molecule has 202 valence electrons. The summed E-state index contributed by atoms with van der Waals surface area (Å²) in [5.74, 6) is -0.401. The van der Waals surface area contributed by atoms with Crippen molar-refractivity contribution in [3.8, 4) is 5.75 Å². The highest BCUT2D eigenvalue weighted by Crippen LogP contribution is 2.32. The van der Waals surface area contributed by atoms with Crippen LogP contribution >= 0.6 is 0 Å². The van der Waals surface area contributed by atoms with Crippen LogP contribution in [0, 0.1) is 13.8 Å². The number of alkyl carbamates (subject to hydrolysis) is 1. The fourth-order valence-electron chi connectivity index (χ4n) is 4.39. The third-order valence-corrected chi connectivity index (χ3v) is 6.18. The van der Waals surface area contributed by atoms with Crippen molar-refractivity contribution < 1.29 is 23.5 Å². The lowest BCUT2D eigenvalue weighted by molar-refractivity contribution is -0.136. The first-order valence-electron chi connectivity index (χ1n) is 12.9. The number of rotatable bonds is 7. The van der Waals surface area contributed by atoms with Gasteiger partial charge in [-0.1, -0.05) is 60.7 Å². The Balaban J connectivity index is 1.70. The van der Waals surface area contributed by atoms with Gasteiger partial charge < -0.3 is 19.2 Å². The Morgan fingerprint density at radius 1 is 0.923 bits per heavy atom. The first-order chi connectivity index (χ1) is 18.5. The van der Waals surface area contributed by atoms with Gasteiger partial charge in [-0.25, -0.2) is 14.4 Å². The summed E-state index contributed by atoms with van der Waals surface area (Å²) in [5.41, 5.74) is 2.89. The average Bonchev–Trinajstić information content (AvgIpc) is 2.86. The monoisotopic (exact) mass is 527 g/mol. The molecule has 0 spiro atoms. The number of hydrogen-bond acceptors (Lipinski definition) is 6. The van der Waals surface area contributed by atoms with Crippen molar-refractivity contribution in [3.63, 3.8) is 0 Å². The van der Waals surface area contributed by atoms with Gasteiger partial charge in [-0.05, 0) is 69.0 Å². The van der Waals surface area contributed by atoms with Gasteiger partial charge in [-0.15, -0.1) is 0 Å². The fourth-order valence-corrected chi connectivity index (χ4v) is 4.39. The van der Waals surface area contributed by atoms with Gasteiger partial charge in [0.15, 0.2) is 0 Å². The zero-order chi connectivity index (χ0) is 28.2. The van der Waals surface area contributed by atoms with Crippen LogP contribution < -0.4 is 15.7 Å². The molecular weight excluding hydrogens is 494 g/mol. The molecule has 0 fully saturated rings. The SMILES string of the molecule is Cc1cc(OC(=O)C(Cc2ccccc2)NC(=O)OC(C)(C)C)c2c(C)c(Cc3ccccc3)c(=O)oc2c1. The second kappa shape index (κ2) is 11.6. The van der Waals surface area contributed by atoms with Gasteiger partial charge in [0.05, 0.1) is 5.39 Å². The maximum absolute atomic E-state index is 13.5. The molecule has 7 heteroatoms. The third-order valence-electron chi connectivity index (χ3n) is 6.18. The van der Waals surface area contributed by atoms with Crippen molar-refractivity contribution in [1.82, 2.24) is 5.32 Å². The van der Waals surface area contributed by atoms with E-state index in [-0.39, 0.29) is 12.2 Å². The summed E-state index contributed by atoms with van der Waals surface area (Å²) in [4.78, 5) is 39.1. The molecule has 1 aromatic heterocycles. The number of esters is 1. The molecular formula is C32H33NO6. The number of benzene rings is 3. The van der Waals surface area contributed by atoms with Crippen LogP contribution in [-0.2, 0) is 22.4 Å². The van der Waals surface area contributed by atoms with Crippen LogP contribution in [0.15, 0.2) is 82.0 Å². The van der Waals surface area contributed by atoms with Gasteiger partial charge in [-0.2, -0.15) is 0 Å². The molecule has 0 aliphatic carbocycles. The predicted molar refractivity (Wildman–Crippen MR) is 150 cm³/mol. The van der Waals surface area contributed by atoms with Gasteiger partial charge >= 0.3 is 17.7 Å². The van der Waals surface area contributed by atoms with Crippen molar-refractivity contribution >= 4 is 23.0 Å². The molecule has 4 rings (SSSR count). The summed E-state index contributed by atoms with van der Waals surface area (Å²) in [6, 6.07) is 21.4. The van der Waals surface area contributed by atoms with Gasteiger partial charge in [0.2, 0.25) is 0 Å². The zero-order valence-corrected chi connectivity index (χ0v) is 22.9. The Labute approximate surface area is 227 Å². The van der Waals surface area contributed by atoms with Crippen molar-refractivity contribution in [2.45, 2.75) is 59.1 Å². The van der Waals surface area contributed by atoms with Gasteiger partial charge in [0.1, 0.15) is 23.0 Å². The van der Waals surface area contributed by atoms with E-state index in [2.05, 4.69) is 5.32 Å². The second-order valence-corrected chi connectivity index (χ2v) is 10.6. The average molecular weight is 528 g/mol. The highest BCUT2D eigenvalue weighted by Gasteiger charge is 2.28. The van der Waals surface area contributed by atoms with Crippen molar-refractivity contribution in [1.29, 1.82) is 0 Å². The highest BCUT2D eigenvalue weighted by atomic mass is 16.6. The Morgan fingerprint density at radius 2 is 1.54 bits per heavy atom. The first-order valence-corrected chi connectivity index (χ1v) is 12.9. The Morgan fingerprint density at radius 3 is 2.15 bits per heavy atom. The summed E-state index contributed by atoms with van der Waals surface area (Å²) in [7, 11) is 0. The van der Waals surface area contributed by atoms with Gasteiger partial charge in [0, 0.05) is 18.4 Å². The molecule has 3 aromatic carbocycles. The molecule has 39 heavy (non-hydrogen) atoms. The zero-order valence-electron chi connectivity index (χ0n) is 22.9. The van der Waals surface area contributed by atoms with E-state index in [0.29, 0.717) is 28.5 Å². The molecule has 4 aromatic rings. The van der Waals surface area contributed by atoms with E-state index < -0.39 is 29.3 Å². The van der Waals surface area contributed by atoms with E-state index in [0.717, 1.165) is 16.7 Å².